The molecule has 0 N–H and O–H groups in total. The molecule has 0 aliphatic carbocycles. The van der Waals surface area contributed by atoms with Crippen LogP contribution in [-0.2, 0) is 27.9 Å². The Morgan fingerprint density at radius 3 is 2.47 bits per heavy atom. The first kappa shape index (κ1) is 25.1. The van der Waals surface area contributed by atoms with Crippen LogP contribution in [-0.4, -0.2) is 32.3 Å². The first-order valence-electron chi connectivity index (χ1n) is 10.5. The third-order valence-electron chi connectivity index (χ3n) is 5.12. The molecule has 0 saturated carbocycles. The van der Waals surface area contributed by atoms with Gasteiger partial charge in [-0.2, -0.15) is 8.42 Å². The Kier molecular flexibility index (Phi) is 7.51. The van der Waals surface area contributed by atoms with Gasteiger partial charge in [0, 0.05) is 5.56 Å². The number of rotatable bonds is 9. The number of esters is 1. The van der Waals surface area contributed by atoms with Crippen molar-refractivity contribution >= 4 is 33.3 Å². The number of amides is 1. The monoisotopic (exact) mass is 529 g/mol. The van der Waals surface area contributed by atoms with Crippen molar-refractivity contribution < 1.29 is 35.7 Å². The first-order chi connectivity index (χ1) is 17.3. The standard InChI is InChI=1S/C25H20FNO7S2/c1-32-25(29)23-22(12-14-35-23)36(30,31)34-21-11-5-2-7-17(21)15-27(16-18-8-6-13-33-18)24(28)19-9-3-4-10-20(19)26/h2-14H,15-16H2,1H3. The summed E-state index contributed by atoms with van der Waals surface area (Å²) in [5.41, 5.74) is 0.197. The Balaban J connectivity index is 1.66. The van der Waals surface area contributed by atoms with Crippen LogP contribution in [0.15, 0.2) is 87.7 Å². The average molecular weight is 530 g/mol. The van der Waals surface area contributed by atoms with Gasteiger partial charge < -0.3 is 18.2 Å². The summed E-state index contributed by atoms with van der Waals surface area (Å²) in [5.74, 6) is -1.71. The van der Waals surface area contributed by atoms with Gasteiger partial charge in [0.15, 0.2) is 0 Å². The zero-order valence-corrected chi connectivity index (χ0v) is 20.6. The quantitative estimate of drug-likeness (QED) is 0.225. The fourth-order valence-electron chi connectivity index (χ4n) is 3.42. The van der Waals surface area contributed by atoms with Crippen molar-refractivity contribution in [3.05, 3.63) is 106 Å². The van der Waals surface area contributed by atoms with E-state index in [4.69, 9.17) is 8.60 Å². The molecule has 0 aliphatic rings. The lowest BCUT2D eigenvalue weighted by Gasteiger charge is -2.23. The second kappa shape index (κ2) is 10.8. The lowest BCUT2D eigenvalue weighted by molar-refractivity contribution is 0.0601. The second-order valence-corrected chi connectivity index (χ2v) is 9.90. The van der Waals surface area contributed by atoms with Crippen molar-refractivity contribution in [2.45, 2.75) is 18.0 Å². The van der Waals surface area contributed by atoms with Gasteiger partial charge in [0.25, 0.3) is 5.91 Å². The molecule has 0 atom stereocenters. The number of ether oxygens (including phenoxy) is 1. The zero-order valence-electron chi connectivity index (χ0n) is 18.9. The number of para-hydroxylation sites is 1. The predicted molar refractivity (Wildman–Crippen MR) is 129 cm³/mol. The molecule has 0 aliphatic heterocycles. The molecule has 0 spiro atoms. The number of carbonyl (C=O) groups is 2. The first-order valence-corrected chi connectivity index (χ1v) is 12.8. The van der Waals surface area contributed by atoms with Crippen LogP contribution in [0, 0.1) is 5.82 Å². The summed E-state index contributed by atoms with van der Waals surface area (Å²) in [6, 6.07) is 16.4. The molecule has 2 aromatic heterocycles. The van der Waals surface area contributed by atoms with E-state index < -0.39 is 27.8 Å². The summed E-state index contributed by atoms with van der Waals surface area (Å²) in [6.07, 6.45) is 1.45. The lowest BCUT2D eigenvalue weighted by atomic mass is 10.1. The number of thiophene rings is 1. The normalized spacial score (nSPS) is 11.2. The zero-order chi connectivity index (χ0) is 25.7. The third-order valence-corrected chi connectivity index (χ3v) is 7.42. The third kappa shape index (κ3) is 5.47. The van der Waals surface area contributed by atoms with E-state index in [1.807, 2.05) is 0 Å². The Morgan fingerprint density at radius 1 is 1.00 bits per heavy atom. The van der Waals surface area contributed by atoms with Gasteiger partial charge in [0.05, 0.1) is 32.0 Å². The number of methoxy groups -OCH3 is 1. The molecule has 0 radical (unpaired) electrons. The molecular weight excluding hydrogens is 509 g/mol. The average Bonchev–Trinajstić information content (AvgIpc) is 3.57. The van der Waals surface area contributed by atoms with Crippen LogP contribution in [0.3, 0.4) is 0 Å². The molecule has 0 bridgehead atoms. The maximum Gasteiger partial charge on any atom is 0.349 e. The van der Waals surface area contributed by atoms with Gasteiger partial charge in [-0.3, -0.25) is 4.79 Å². The van der Waals surface area contributed by atoms with E-state index in [9.17, 15) is 22.4 Å². The minimum absolute atomic E-state index is 0.00172. The number of nitrogens with zero attached hydrogens (tertiary/aromatic N) is 1. The van der Waals surface area contributed by atoms with Gasteiger partial charge in [0.1, 0.15) is 27.1 Å². The number of furan rings is 1. The summed E-state index contributed by atoms with van der Waals surface area (Å²) in [5, 5.41) is 1.44. The summed E-state index contributed by atoms with van der Waals surface area (Å²) >= 11 is 0.907. The highest BCUT2D eigenvalue weighted by atomic mass is 32.2. The molecule has 186 valence electrons. The lowest BCUT2D eigenvalue weighted by Crippen LogP contribution is -2.31. The van der Waals surface area contributed by atoms with Crippen LogP contribution in [0.5, 0.6) is 5.75 Å². The van der Waals surface area contributed by atoms with Crippen molar-refractivity contribution in [3.8, 4) is 5.75 Å². The molecule has 8 nitrogen and oxygen atoms in total. The van der Waals surface area contributed by atoms with Crippen LogP contribution in [0.1, 0.15) is 31.4 Å². The van der Waals surface area contributed by atoms with Crippen LogP contribution < -0.4 is 4.18 Å². The fraction of sp³-hybridized carbons (Fsp3) is 0.120. The summed E-state index contributed by atoms with van der Waals surface area (Å²) in [4.78, 5) is 26.1. The molecule has 4 aromatic rings. The highest BCUT2D eigenvalue weighted by molar-refractivity contribution is 7.87. The maximum absolute atomic E-state index is 14.4. The molecule has 1 amide bonds. The van der Waals surface area contributed by atoms with Crippen LogP contribution in [0.2, 0.25) is 0 Å². The molecule has 2 aromatic carbocycles. The van der Waals surface area contributed by atoms with Gasteiger partial charge in [0.2, 0.25) is 0 Å². The minimum atomic E-state index is -4.42. The molecule has 4 rings (SSSR count). The molecular formula is C25H20FNO7S2. The molecule has 2 heterocycles. The highest BCUT2D eigenvalue weighted by Crippen LogP contribution is 2.29. The van der Waals surface area contributed by atoms with Gasteiger partial charge in [-0.15, -0.1) is 11.3 Å². The van der Waals surface area contributed by atoms with Crippen molar-refractivity contribution in [1.82, 2.24) is 4.90 Å². The molecule has 11 heteroatoms. The fourth-order valence-corrected chi connectivity index (χ4v) is 5.69. The summed E-state index contributed by atoms with van der Waals surface area (Å²) in [7, 11) is -3.27. The SMILES string of the molecule is COC(=O)c1sccc1S(=O)(=O)Oc1ccccc1CN(Cc1ccco1)C(=O)c1ccccc1F. The van der Waals surface area contributed by atoms with Crippen LogP contribution >= 0.6 is 11.3 Å². The second-order valence-electron chi connectivity index (χ2n) is 7.47. The van der Waals surface area contributed by atoms with Gasteiger partial charge in [-0.05, 0) is 41.8 Å². The number of hydrogen-bond acceptors (Lipinski definition) is 8. The van der Waals surface area contributed by atoms with Crippen molar-refractivity contribution in [2.24, 2.45) is 0 Å². The highest BCUT2D eigenvalue weighted by Gasteiger charge is 2.28. The Labute approximate surface area is 210 Å². The van der Waals surface area contributed by atoms with E-state index in [2.05, 4.69) is 4.74 Å². The summed E-state index contributed by atoms with van der Waals surface area (Å²) in [6.45, 7) is -0.120. The molecule has 0 unspecified atom stereocenters. The number of benzene rings is 2. The van der Waals surface area contributed by atoms with Crippen molar-refractivity contribution in [1.29, 1.82) is 0 Å². The van der Waals surface area contributed by atoms with Crippen molar-refractivity contribution in [2.75, 3.05) is 7.11 Å². The van der Waals surface area contributed by atoms with Gasteiger partial charge in [-0.1, -0.05) is 30.3 Å². The summed E-state index contributed by atoms with van der Waals surface area (Å²) < 4.78 is 55.9. The molecule has 0 saturated heterocycles. The van der Waals surface area contributed by atoms with E-state index in [-0.39, 0.29) is 34.2 Å². The molecule has 36 heavy (non-hydrogen) atoms. The Bertz CT molecular complexity index is 1480. The van der Waals surface area contributed by atoms with E-state index in [0.29, 0.717) is 11.3 Å². The Hall–Kier alpha value is -3.96. The van der Waals surface area contributed by atoms with Gasteiger partial charge in [-0.25, -0.2) is 9.18 Å². The number of carbonyl (C=O) groups excluding carboxylic acids is 2. The van der Waals surface area contributed by atoms with Crippen LogP contribution in [0.4, 0.5) is 4.39 Å². The largest absolute Gasteiger partial charge is 0.467 e. The maximum atomic E-state index is 14.4. The van der Waals surface area contributed by atoms with E-state index in [0.717, 1.165) is 18.4 Å². The van der Waals surface area contributed by atoms with Crippen molar-refractivity contribution in [3.63, 3.8) is 0 Å². The predicted octanol–water partition coefficient (Wildman–Crippen LogP) is 4.88. The smallest absolute Gasteiger partial charge is 0.349 e. The topological polar surface area (TPSA) is 103 Å². The number of hydrogen-bond donors (Lipinski definition) is 0. The van der Waals surface area contributed by atoms with Crippen LogP contribution in [0.25, 0.3) is 0 Å². The number of halogens is 1. The van der Waals surface area contributed by atoms with E-state index >= 15 is 0 Å². The van der Waals surface area contributed by atoms with E-state index in [1.165, 1.54) is 46.9 Å². The van der Waals surface area contributed by atoms with E-state index in [1.54, 1.807) is 36.4 Å². The Morgan fingerprint density at radius 2 is 1.75 bits per heavy atom. The van der Waals surface area contributed by atoms with Gasteiger partial charge >= 0.3 is 16.1 Å². The minimum Gasteiger partial charge on any atom is -0.467 e. The molecule has 0 fully saturated rings.